The van der Waals surface area contributed by atoms with Crippen LogP contribution < -0.4 is 5.32 Å². The fraction of sp³-hybridized carbons (Fsp3) is 0.562. The molecule has 0 saturated carbocycles. The van der Waals surface area contributed by atoms with Crippen molar-refractivity contribution >= 4 is 17.7 Å². The van der Waals surface area contributed by atoms with Gasteiger partial charge in [-0.15, -0.1) is 11.8 Å². The molecule has 1 aromatic rings. The Labute approximate surface area is 125 Å². The highest BCUT2D eigenvalue weighted by Gasteiger charge is 2.33. The van der Waals surface area contributed by atoms with E-state index in [-0.39, 0.29) is 17.4 Å². The second kappa shape index (κ2) is 5.78. The molecule has 0 radical (unpaired) electrons. The minimum Gasteiger partial charge on any atom is -0.459 e. The minimum atomic E-state index is -0.429. The summed E-state index contributed by atoms with van der Waals surface area (Å²) in [5.41, 5.74) is 3.35. The van der Waals surface area contributed by atoms with Gasteiger partial charge < -0.3 is 4.74 Å². The van der Waals surface area contributed by atoms with Gasteiger partial charge in [0.2, 0.25) is 0 Å². The Morgan fingerprint density at radius 1 is 1.35 bits per heavy atom. The number of thioether (sulfide) groups is 1. The average molecular weight is 293 g/mol. The van der Waals surface area contributed by atoms with Crippen LogP contribution in [0.3, 0.4) is 0 Å². The van der Waals surface area contributed by atoms with Crippen LogP contribution in [0.4, 0.5) is 0 Å². The lowest BCUT2D eigenvalue weighted by Crippen LogP contribution is -2.39. The second-order valence-corrected chi connectivity index (χ2v) is 7.46. The summed E-state index contributed by atoms with van der Waals surface area (Å²) in [5.74, 6) is 0.602. The Morgan fingerprint density at radius 3 is 2.65 bits per heavy atom. The molecule has 1 fully saturated rings. The standard InChI is InChI=1S/C16H23NO2S/c1-10-6-7-12(11(2)8-10)14-17-13(9-20-14)15(18)19-16(3,4)5/h6-8,13-14,17H,9H2,1-5H3. The molecule has 1 N–H and O–H groups in total. The number of benzene rings is 1. The first-order valence-electron chi connectivity index (χ1n) is 6.94. The van der Waals surface area contributed by atoms with Crippen LogP contribution in [0.5, 0.6) is 0 Å². The average Bonchev–Trinajstić information content (AvgIpc) is 2.75. The molecule has 2 atom stereocenters. The zero-order valence-corrected chi connectivity index (χ0v) is 13.6. The molecule has 110 valence electrons. The lowest BCUT2D eigenvalue weighted by atomic mass is 10.1. The predicted molar refractivity (Wildman–Crippen MR) is 83.9 cm³/mol. The number of esters is 1. The largest absolute Gasteiger partial charge is 0.459 e. The summed E-state index contributed by atoms with van der Waals surface area (Å²) in [7, 11) is 0. The van der Waals surface area contributed by atoms with E-state index >= 15 is 0 Å². The van der Waals surface area contributed by atoms with Crippen LogP contribution in [-0.4, -0.2) is 23.4 Å². The van der Waals surface area contributed by atoms with Crippen molar-refractivity contribution in [3.63, 3.8) is 0 Å². The van der Waals surface area contributed by atoms with Gasteiger partial charge in [0.15, 0.2) is 0 Å². The number of hydrogen-bond donors (Lipinski definition) is 1. The van der Waals surface area contributed by atoms with Gasteiger partial charge in [0.25, 0.3) is 0 Å². The molecule has 1 aliphatic heterocycles. The summed E-state index contributed by atoms with van der Waals surface area (Å²) in [6, 6.07) is 6.22. The molecular formula is C16H23NO2S. The van der Waals surface area contributed by atoms with Crippen LogP contribution in [0.15, 0.2) is 18.2 Å². The Balaban J connectivity index is 2.03. The fourth-order valence-electron chi connectivity index (χ4n) is 2.28. The van der Waals surface area contributed by atoms with E-state index in [0.717, 1.165) is 5.75 Å². The molecule has 0 aromatic heterocycles. The third kappa shape index (κ3) is 3.76. The van der Waals surface area contributed by atoms with E-state index in [9.17, 15) is 4.79 Å². The highest BCUT2D eigenvalue weighted by atomic mass is 32.2. The molecule has 20 heavy (non-hydrogen) atoms. The monoisotopic (exact) mass is 293 g/mol. The summed E-state index contributed by atoms with van der Waals surface area (Å²) < 4.78 is 5.44. The SMILES string of the molecule is Cc1ccc(C2NC(C(=O)OC(C)(C)C)CS2)c(C)c1. The first-order valence-corrected chi connectivity index (χ1v) is 7.99. The van der Waals surface area contributed by atoms with Gasteiger partial charge in [-0.3, -0.25) is 10.1 Å². The maximum Gasteiger partial charge on any atom is 0.324 e. The van der Waals surface area contributed by atoms with Crippen molar-refractivity contribution in [2.24, 2.45) is 0 Å². The van der Waals surface area contributed by atoms with Crippen LogP contribution in [0.2, 0.25) is 0 Å². The van der Waals surface area contributed by atoms with Gasteiger partial charge in [-0.05, 0) is 45.7 Å². The number of aryl methyl sites for hydroxylation is 2. The Morgan fingerprint density at radius 2 is 2.05 bits per heavy atom. The summed E-state index contributed by atoms with van der Waals surface area (Å²) in [6.45, 7) is 9.90. The van der Waals surface area contributed by atoms with Crippen LogP contribution >= 0.6 is 11.8 Å². The van der Waals surface area contributed by atoms with Crippen molar-refractivity contribution < 1.29 is 9.53 Å². The van der Waals surface area contributed by atoms with Gasteiger partial charge >= 0.3 is 5.97 Å². The molecule has 3 nitrogen and oxygen atoms in total. The van der Waals surface area contributed by atoms with Crippen molar-refractivity contribution in [2.75, 3.05) is 5.75 Å². The molecule has 0 spiro atoms. The molecule has 0 amide bonds. The van der Waals surface area contributed by atoms with E-state index in [0.29, 0.717) is 0 Å². The van der Waals surface area contributed by atoms with E-state index in [1.54, 1.807) is 11.8 Å². The second-order valence-electron chi connectivity index (χ2n) is 6.33. The van der Waals surface area contributed by atoms with Crippen LogP contribution in [0.1, 0.15) is 42.8 Å². The summed E-state index contributed by atoms with van der Waals surface area (Å²) in [5, 5.41) is 3.55. The Kier molecular flexibility index (Phi) is 4.45. The van der Waals surface area contributed by atoms with Crippen molar-refractivity contribution in [1.29, 1.82) is 0 Å². The summed E-state index contributed by atoms with van der Waals surface area (Å²) in [6.07, 6.45) is 0. The molecule has 1 aromatic carbocycles. The van der Waals surface area contributed by atoms with Crippen molar-refractivity contribution in [1.82, 2.24) is 5.32 Å². The highest BCUT2D eigenvalue weighted by Crippen LogP contribution is 2.35. The van der Waals surface area contributed by atoms with Gasteiger partial charge in [0.05, 0.1) is 5.37 Å². The normalized spacial score (nSPS) is 22.9. The quantitative estimate of drug-likeness (QED) is 0.849. The number of nitrogens with one attached hydrogen (secondary N) is 1. The van der Waals surface area contributed by atoms with Crippen molar-refractivity contribution in [3.8, 4) is 0 Å². The molecule has 2 rings (SSSR count). The first-order chi connectivity index (χ1) is 9.26. The maximum atomic E-state index is 12.1. The van der Waals surface area contributed by atoms with Gasteiger partial charge in [-0.1, -0.05) is 23.8 Å². The van der Waals surface area contributed by atoms with Crippen molar-refractivity contribution in [3.05, 3.63) is 34.9 Å². The molecule has 4 heteroatoms. The lowest BCUT2D eigenvalue weighted by Gasteiger charge is -2.22. The molecular weight excluding hydrogens is 270 g/mol. The first kappa shape index (κ1) is 15.4. The van der Waals surface area contributed by atoms with Crippen LogP contribution in [0, 0.1) is 13.8 Å². The summed E-state index contributed by atoms with van der Waals surface area (Å²) in [4.78, 5) is 12.1. The molecule has 1 aliphatic rings. The lowest BCUT2D eigenvalue weighted by molar-refractivity contribution is -0.156. The van der Waals surface area contributed by atoms with Gasteiger partial charge in [-0.25, -0.2) is 0 Å². The fourth-order valence-corrected chi connectivity index (χ4v) is 3.60. The van der Waals surface area contributed by atoms with E-state index in [2.05, 4.69) is 37.4 Å². The van der Waals surface area contributed by atoms with E-state index in [4.69, 9.17) is 4.74 Å². The zero-order valence-electron chi connectivity index (χ0n) is 12.8. The number of carbonyl (C=O) groups is 1. The molecule has 0 bridgehead atoms. The molecule has 2 unspecified atom stereocenters. The van der Waals surface area contributed by atoms with Crippen molar-refractivity contribution in [2.45, 2.75) is 51.6 Å². The van der Waals surface area contributed by atoms with Gasteiger partial charge in [0.1, 0.15) is 11.6 Å². The molecule has 1 heterocycles. The Bertz CT molecular complexity index is 508. The highest BCUT2D eigenvalue weighted by molar-refractivity contribution is 7.99. The molecule has 1 saturated heterocycles. The van der Waals surface area contributed by atoms with E-state index in [1.807, 2.05) is 20.8 Å². The number of carbonyl (C=O) groups excluding carboxylic acids is 1. The van der Waals surface area contributed by atoms with E-state index < -0.39 is 5.60 Å². The van der Waals surface area contributed by atoms with Crippen LogP contribution in [-0.2, 0) is 9.53 Å². The minimum absolute atomic E-state index is 0.155. The number of ether oxygens (including phenoxy) is 1. The Hall–Kier alpha value is -1.00. The number of rotatable bonds is 2. The molecule has 0 aliphatic carbocycles. The van der Waals surface area contributed by atoms with Gasteiger partial charge in [0, 0.05) is 5.75 Å². The van der Waals surface area contributed by atoms with E-state index in [1.165, 1.54) is 16.7 Å². The summed E-state index contributed by atoms with van der Waals surface area (Å²) >= 11 is 1.77. The third-order valence-electron chi connectivity index (χ3n) is 3.18. The smallest absolute Gasteiger partial charge is 0.324 e. The van der Waals surface area contributed by atoms with Crippen LogP contribution in [0.25, 0.3) is 0 Å². The predicted octanol–water partition coefficient (Wildman–Crippen LogP) is 3.35. The topological polar surface area (TPSA) is 38.3 Å². The number of hydrogen-bond acceptors (Lipinski definition) is 4. The third-order valence-corrected chi connectivity index (χ3v) is 4.43. The van der Waals surface area contributed by atoms with Gasteiger partial charge in [-0.2, -0.15) is 0 Å². The zero-order chi connectivity index (χ0) is 14.9. The maximum absolute atomic E-state index is 12.1.